The highest BCUT2D eigenvalue weighted by atomic mass is 32.2. The third-order valence-electron chi connectivity index (χ3n) is 4.22. The Morgan fingerprint density at radius 3 is 2.67 bits per heavy atom. The standard InChI is InChI=1S/C21H23NOS/c1-3-4-8-21-18(22-17-7-5-6-9-20(17)24-21)14-19(23)16-12-10-15(2)11-13-16/h5-7,9-14,21-22H,3-4,8H2,1-2H3/b18-14-. The zero-order valence-electron chi connectivity index (χ0n) is 14.2. The summed E-state index contributed by atoms with van der Waals surface area (Å²) < 4.78 is 0. The fourth-order valence-electron chi connectivity index (χ4n) is 2.80. The third-order valence-corrected chi connectivity index (χ3v) is 5.61. The molecular formula is C21H23NOS. The predicted octanol–water partition coefficient (Wildman–Crippen LogP) is 5.84. The van der Waals surface area contributed by atoms with Crippen LogP contribution in [0, 0.1) is 6.92 Å². The van der Waals surface area contributed by atoms with Crippen LogP contribution in [-0.4, -0.2) is 11.0 Å². The van der Waals surface area contributed by atoms with Crippen molar-refractivity contribution in [3.63, 3.8) is 0 Å². The molecule has 3 rings (SSSR count). The molecule has 0 aromatic heterocycles. The number of carbonyl (C=O) groups is 1. The van der Waals surface area contributed by atoms with Gasteiger partial charge in [0, 0.05) is 27.5 Å². The van der Waals surface area contributed by atoms with E-state index in [4.69, 9.17) is 0 Å². The molecule has 1 heterocycles. The Labute approximate surface area is 148 Å². The number of hydrogen-bond acceptors (Lipinski definition) is 3. The number of carbonyl (C=O) groups excluding carboxylic acids is 1. The summed E-state index contributed by atoms with van der Waals surface area (Å²) in [4.78, 5) is 13.9. The quantitative estimate of drug-likeness (QED) is 0.549. The molecule has 0 bridgehead atoms. The first-order chi connectivity index (χ1) is 11.7. The van der Waals surface area contributed by atoms with Crippen molar-refractivity contribution in [2.75, 3.05) is 5.32 Å². The van der Waals surface area contributed by atoms with E-state index >= 15 is 0 Å². The van der Waals surface area contributed by atoms with Gasteiger partial charge in [-0.1, -0.05) is 61.7 Å². The predicted molar refractivity (Wildman–Crippen MR) is 103 cm³/mol. The van der Waals surface area contributed by atoms with E-state index in [1.54, 1.807) is 6.08 Å². The Morgan fingerprint density at radius 2 is 1.92 bits per heavy atom. The lowest BCUT2D eigenvalue weighted by Crippen LogP contribution is -2.20. The Balaban J connectivity index is 1.87. The number of rotatable bonds is 5. The molecule has 0 aliphatic carbocycles. The number of nitrogens with one attached hydrogen (secondary N) is 1. The Kier molecular flexibility index (Phi) is 5.41. The first kappa shape index (κ1) is 16.8. The Bertz CT molecular complexity index is 749. The zero-order chi connectivity index (χ0) is 16.9. The van der Waals surface area contributed by atoms with Gasteiger partial charge in [-0.2, -0.15) is 0 Å². The molecule has 1 N–H and O–H groups in total. The van der Waals surface area contributed by atoms with Crippen LogP contribution in [0.25, 0.3) is 0 Å². The number of para-hydroxylation sites is 1. The van der Waals surface area contributed by atoms with Gasteiger partial charge < -0.3 is 5.32 Å². The summed E-state index contributed by atoms with van der Waals surface area (Å²) in [5.74, 6) is 0.0685. The van der Waals surface area contributed by atoms with Crippen molar-refractivity contribution in [3.05, 3.63) is 71.4 Å². The van der Waals surface area contributed by atoms with Crippen molar-refractivity contribution in [3.8, 4) is 0 Å². The highest BCUT2D eigenvalue weighted by Crippen LogP contribution is 2.41. The molecule has 1 aliphatic heterocycles. The number of ketones is 1. The number of allylic oxidation sites excluding steroid dienone is 1. The first-order valence-corrected chi connectivity index (χ1v) is 9.40. The van der Waals surface area contributed by atoms with Crippen molar-refractivity contribution in [2.45, 2.75) is 43.3 Å². The Morgan fingerprint density at radius 1 is 1.17 bits per heavy atom. The second kappa shape index (κ2) is 7.71. The van der Waals surface area contributed by atoms with Crippen LogP contribution in [0.2, 0.25) is 0 Å². The number of aryl methyl sites for hydroxylation is 1. The second-order valence-corrected chi connectivity index (χ2v) is 7.44. The summed E-state index contributed by atoms with van der Waals surface area (Å²) in [5.41, 5.74) is 4.03. The van der Waals surface area contributed by atoms with E-state index in [0.29, 0.717) is 5.25 Å². The van der Waals surface area contributed by atoms with E-state index in [0.717, 1.165) is 36.2 Å². The van der Waals surface area contributed by atoms with Gasteiger partial charge in [-0.25, -0.2) is 0 Å². The average Bonchev–Trinajstić information content (AvgIpc) is 2.60. The van der Waals surface area contributed by atoms with Gasteiger partial charge in [-0.3, -0.25) is 4.79 Å². The number of hydrogen-bond donors (Lipinski definition) is 1. The summed E-state index contributed by atoms with van der Waals surface area (Å²) in [6.45, 7) is 4.24. The normalized spacial score (nSPS) is 18.1. The fourth-order valence-corrected chi connectivity index (χ4v) is 4.05. The van der Waals surface area contributed by atoms with E-state index in [2.05, 4.69) is 30.4 Å². The van der Waals surface area contributed by atoms with E-state index in [9.17, 15) is 4.79 Å². The van der Waals surface area contributed by atoms with Crippen molar-refractivity contribution in [1.29, 1.82) is 0 Å². The fraction of sp³-hybridized carbons (Fsp3) is 0.286. The lowest BCUT2D eigenvalue weighted by Gasteiger charge is -2.28. The minimum absolute atomic E-state index is 0.0685. The summed E-state index contributed by atoms with van der Waals surface area (Å²) in [6, 6.07) is 16.1. The number of benzene rings is 2. The van der Waals surface area contributed by atoms with Crippen molar-refractivity contribution in [2.24, 2.45) is 0 Å². The topological polar surface area (TPSA) is 29.1 Å². The highest BCUT2D eigenvalue weighted by Gasteiger charge is 2.24. The summed E-state index contributed by atoms with van der Waals surface area (Å²) in [7, 11) is 0. The molecule has 0 radical (unpaired) electrons. The maximum atomic E-state index is 12.6. The van der Waals surface area contributed by atoms with Gasteiger partial charge in [0.15, 0.2) is 5.78 Å². The molecule has 2 aromatic rings. The minimum atomic E-state index is 0.0685. The van der Waals surface area contributed by atoms with Crippen LogP contribution in [0.5, 0.6) is 0 Å². The minimum Gasteiger partial charge on any atom is -0.357 e. The second-order valence-electron chi connectivity index (χ2n) is 6.20. The van der Waals surface area contributed by atoms with Crippen LogP contribution in [-0.2, 0) is 0 Å². The summed E-state index contributed by atoms with van der Waals surface area (Å²) in [5, 5.41) is 3.80. The van der Waals surface area contributed by atoms with Gasteiger partial charge in [0.05, 0.1) is 5.69 Å². The number of unbranched alkanes of at least 4 members (excludes halogenated alkanes) is 1. The molecule has 124 valence electrons. The molecule has 2 nitrogen and oxygen atoms in total. The van der Waals surface area contributed by atoms with Crippen molar-refractivity contribution >= 4 is 23.2 Å². The zero-order valence-corrected chi connectivity index (χ0v) is 15.0. The van der Waals surface area contributed by atoms with E-state index in [-0.39, 0.29) is 5.78 Å². The molecule has 0 saturated heterocycles. The van der Waals surface area contributed by atoms with Crippen LogP contribution in [0.1, 0.15) is 42.1 Å². The molecule has 0 saturated carbocycles. The SMILES string of the molecule is CCCCC1Sc2ccccc2N/C1=C\C(=O)c1ccc(C)cc1. The Hall–Kier alpha value is -2.00. The molecular weight excluding hydrogens is 314 g/mol. The van der Waals surface area contributed by atoms with Crippen LogP contribution in [0.3, 0.4) is 0 Å². The smallest absolute Gasteiger partial charge is 0.187 e. The molecule has 0 spiro atoms. The molecule has 0 fully saturated rings. The average molecular weight is 337 g/mol. The maximum absolute atomic E-state index is 12.6. The highest BCUT2D eigenvalue weighted by molar-refractivity contribution is 8.00. The van der Waals surface area contributed by atoms with Crippen LogP contribution >= 0.6 is 11.8 Å². The van der Waals surface area contributed by atoms with Crippen molar-refractivity contribution in [1.82, 2.24) is 0 Å². The van der Waals surface area contributed by atoms with E-state index in [1.165, 1.54) is 10.5 Å². The van der Waals surface area contributed by atoms with Gasteiger partial charge in [0.25, 0.3) is 0 Å². The summed E-state index contributed by atoms with van der Waals surface area (Å²) in [6.07, 6.45) is 5.19. The maximum Gasteiger partial charge on any atom is 0.187 e. The lowest BCUT2D eigenvalue weighted by atomic mass is 10.1. The third kappa shape index (κ3) is 3.90. The van der Waals surface area contributed by atoms with E-state index < -0.39 is 0 Å². The molecule has 3 heteroatoms. The molecule has 0 amide bonds. The monoisotopic (exact) mass is 337 g/mol. The number of fused-ring (bicyclic) bond motifs is 1. The first-order valence-electron chi connectivity index (χ1n) is 8.52. The molecule has 1 atom stereocenters. The van der Waals surface area contributed by atoms with Crippen LogP contribution in [0.4, 0.5) is 5.69 Å². The number of anilines is 1. The number of thioether (sulfide) groups is 1. The van der Waals surface area contributed by atoms with Gasteiger partial charge in [0.1, 0.15) is 0 Å². The summed E-state index contributed by atoms with van der Waals surface area (Å²) >= 11 is 1.86. The molecule has 24 heavy (non-hydrogen) atoms. The van der Waals surface area contributed by atoms with Gasteiger partial charge in [0.2, 0.25) is 0 Å². The molecule has 2 aromatic carbocycles. The van der Waals surface area contributed by atoms with Crippen LogP contribution < -0.4 is 5.32 Å². The van der Waals surface area contributed by atoms with E-state index in [1.807, 2.05) is 49.0 Å². The molecule has 1 unspecified atom stereocenters. The van der Waals surface area contributed by atoms with Crippen LogP contribution in [0.15, 0.2) is 65.2 Å². The van der Waals surface area contributed by atoms with Crippen molar-refractivity contribution < 1.29 is 4.79 Å². The lowest BCUT2D eigenvalue weighted by molar-refractivity contribution is 0.104. The van der Waals surface area contributed by atoms with Gasteiger partial charge in [-0.15, -0.1) is 11.8 Å². The van der Waals surface area contributed by atoms with Gasteiger partial charge >= 0.3 is 0 Å². The molecule has 1 aliphatic rings. The van der Waals surface area contributed by atoms with Gasteiger partial charge in [-0.05, 0) is 25.5 Å². The largest absolute Gasteiger partial charge is 0.357 e.